The van der Waals surface area contributed by atoms with E-state index in [0.29, 0.717) is 38.3 Å². The third-order valence-electron chi connectivity index (χ3n) is 4.32. The molecule has 132 valence electrons. The van der Waals surface area contributed by atoms with Crippen molar-refractivity contribution in [2.75, 3.05) is 11.4 Å². The van der Waals surface area contributed by atoms with Crippen molar-refractivity contribution in [3.8, 4) is 11.5 Å². The monoisotopic (exact) mass is 390 g/mol. The molecule has 2 aromatic carbocycles. The largest absolute Gasteiger partial charge is 0.481 e. The number of fused-ring (bicyclic) bond motifs is 1. The lowest BCUT2D eigenvalue weighted by molar-refractivity contribution is -0.141. The number of amides is 1. The van der Waals surface area contributed by atoms with Crippen molar-refractivity contribution in [3.63, 3.8) is 0 Å². The van der Waals surface area contributed by atoms with Gasteiger partial charge in [0.25, 0.3) is 0 Å². The first-order valence-corrected chi connectivity index (χ1v) is 8.57. The molecule has 0 radical (unpaired) electrons. The van der Waals surface area contributed by atoms with Crippen LogP contribution in [-0.2, 0) is 9.59 Å². The summed E-state index contributed by atoms with van der Waals surface area (Å²) < 4.78 is 5.74. The minimum atomic E-state index is -0.971. The summed E-state index contributed by atoms with van der Waals surface area (Å²) in [5.74, 6) is -1.57. The molecule has 1 N–H and O–H groups in total. The number of benzene rings is 2. The Balaban J connectivity index is 1.72. The molecule has 1 aliphatic heterocycles. The molecule has 3 aromatic rings. The second-order valence-electron chi connectivity index (χ2n) is 6.04. The van der Waals surface area contributed by atoms with Gasteiger partial charge in [0.1, 0.15) is 5.52 Å². The van der Waals surface area contributed by atoms with Crippen molar-refractivity contribution in [1.82, 2.24) is 4.98 Å². The molecule has 0 aliphatic carbocycles. The Morgan fingerprint density at radius 1 is 1.23 bits per heavy atom. The molecule has 1 amide bonds. The van der Waals surface area contributed by atoms with Crippen LogP contribution in [0.2, 0.25) is 10.0 Å². The molecule has 0 spiro atoms. The second kappa shape index (κ2) is 6.30. The number of carbonyl (C=O) groups is 2. The molecule has 1 unspecified atom stereocenters. The maximum Gasteiger partial charge on any atom is 0.308 e. The summed E-state index contributed by atoms with van der Waals surface area (Å²) in [6, 6.07) is 10.1. The van der Waals surface area contributed by atoms with Gasteiger partial charge in [-0.1, -0.05) is 23.2 Å². The summed E-state index contributed by atoms with van der Waals surface area (Å²) in [6.07, 6.45) is -0.00441. The fraction of sp³-hybridized carbons (Fsp3) is 0.167. The maximum atomic E-state index is 12.1. The van der Waals surface area contributed by atoms with Crippen molar-refractivity contribution >= 4 is 51.9 Å². The zero-order chi connectivity index (χ0) is 18.4. The number of hydrogen-bond acceptors (Lipinski definition) is 4. The highest BCUT2D eigenvalue weighted by Crippen LogP contribution is 2.34. The lowest BCUT2D eigenvalue weighted by Gasteiger charge is -2.15. The summed E-state index contributed by atoms with van der Waals surface area (Å²) in [5.41, 5.74) is 2.23. The molecule has 4 rings (SSSR count). The van der Waals surface area contributed by atoms with E-state index in [4.69, 9.17) is 32.7 Å². The van der Waals surface area contributed by atoms with E-state index in [1.165, 1.54) is 4.90 Å². The number of aromatic nitrogens is 1. The van der Waals surface area contributed by atoms with Crippen LogP contribution in [0.15, 0.2) is 40.8 Å². The number of aliphatic carboxylic acids is 1. The maximum absolute atomic E-state index is 12.1. The molecule has 6 nitrogen and oxygen atoms in total. The van der Waals surface area contributed by atoms with Gasteiger partial charge < -0.3 is 14.4 Å². The Hall–Kier alpha value is -2.57. The number of hydrogen-bond donors (Lipinski definition) is 1. The van der Waals surface area contributed by atoms with E-state index in [1.807, 2.05) is 0 Å². The van der Waals surface area contributed by atoms with Crippen LogP contribution in [0.3, 0.4) is 0 Å². The lowest BCUT2D eigenvalue weighted by atomic mass is 10.1. The van der Waals surface area contributed by atoms with Crippen LogP contribution in [0.25, 0.3) is 22.6 Å². The minimum Gasteiger partial charge on any atom is -0.481 e. The van der Waals surface area contributed by atoms with Crippen molar-refractivity contribution in [3.05, 3.63) is 46.4 Å². The average Bonchev–Trinajstić information content (AvgIpc) is 3.19. The fourth-order valence-electron chi connectivity index (χ4n) is 2.98. The van der Waals surface area contributed by atoms with E-state index in [9.17, 15) is 9.59 Å². The van der Waals surface area contributed by atoms with E-state index < -0.39 is 11.9 Å². The van der Waals surface area contributed by atoms with E-state index in [0.717, 1.165) is 0 Å². The summed E-state index contributed by atoms with van der Waals surface area (Å²) in [4.78, 5) is 29.1. The van der Waals surface area contributed by atoms with Gasteiger partial charge in [-0.05, 0) is 36.4 Å². The highest BCUT2D eigenvalue weighted by atomic mass is 35.5. The lowest BCUT2D eigenvalue weighted by Crippen LogP contribution is -2.25. The van der Waals surface area contributed by atoms with Gasteiger partial charge in [-0.25, -0.2) is 4.98 Å². The van der Waals surface area contributed by atoms with Crippen LogP contribution in [0.5, 0.6) is 0 Å². The van der Waals surface area contributed by atoms with Gasteiger partial charge >= 0.3 is 5.97 Å². The minimum absolute atomic E-state index is 0.00441. The first-order chi connectivity index (χ1) is 12.4. The molecule has 26 heavy (non-hydrogen) atoms. The average molecular weight is 391 g/mol. The first-order valence-electron chi connectivity index (χ1n) is 7.81. The Kier molecular flexibility index (Phi) is 4.09. The summed E-state index contributed by atoms with van der Waals surface area (Å²) in [6.45, 7) is 0.143. The molecule has 1 fully saturated rings. The van der Waals surface area contributed by atoms with Crippen LogP contribution >= 0.6 is 23.2 Å². The van der Waals surface area contributed by atoms with Gasteiger partial charge in [0.2, 0.25) is 11.8 Å². The molecule has 1 atom stereocenters. The van der Waals surface area contributed by atoms with E-state index >= 15 is 0 Å². The van der Waals surface area contributed by atoms with Gasteiger partial charge in [-0.2, -0.15) is 0 Å². The number of rotatable bonds is 3. The van der Waals surface area contributed by atoms with E-state index in [-0.39, 0.29) is 18.9 Å². The Morgan fingerprint density at radius 3 is 2.77 bits per heavy atom. The van der Waals surface area contributed by atoms with Crippen LogP contribution in [0, 0.1) is 5.92 Å². The molecule has 0 saturated carbocycles. The van der Waals surface area contributed by atoms with Crippen molar-refractivity contribution in [2.45, 2.75) is 6.42 Å². The third kappa shape index (κ3) is 2.91. The van der Waals surface area contributed by atoms with Gasteiger partial charge in [0.05, 0.1) is 16.5 Å². The molecular weight excluding hydrogens is 379 g/mol. The SMILES string of the molecule is O=C(O)C1CC(=O)N(c2ccc3oc(-c4cc(Cl)ccc4Cl)nc3c2)C1. The second-order valence-corrected chi connectivity index (χ2v) is 6.88. The predicted molar refractivity (Wildman–Crippen MR) is 97.6 cm³/mol. The number of carboxylic acids is 1. The van der Waals surface area contributed by atoms with Gasteiger partial charge in [-0.15, -0.1) is 0 Å². The van der Waals surface area contributed by atoms with Crippen LogP contribution in [-0.4, -0.2) is 28.5 Å². The zero-order valence-corrected chi connectivity index (χ0v) is 14.8. The number of carboxylic acid groups (broad SMARTS) is 1. The third-order valence-corrected chi connectivity index (χ3v) is 4.88. The van der Waals surface area contributed by atoms with E-state index in [1.54, 1.807) is 36.4 Å². The van der Waals surface area contributed by atoms with Crippen molar-refractivity contribution < 1.29 is 19.1 Å². The summed E-state index contributed by atoms with van der Waals surface area (Å²) >= 11 is 12.2. The van der Waals surface area contributed by atoms with Crippen molar-refractivity contribution in [1.29, 1.82) is 0 Å². The smallest absolute Gasteiger partial charge is 0.308 e. The van der Waals surface area contributed by atoms with E-state index in [2.05, 4.69) is 4.98 Å². The standard InChI is InChI=1S/C18H12Cl2N2O4/c19-10-1-3-13(20)12(6-10)17-21-14-7-11(2-4-15(14)26-17)22-8-9(18(24)25)5-16(22)23/h1-4,6-7,9H,5,8H2,(H,24,25). The molecule has 1 aromatic heterocycles. The molecule has 8 heteroatoms. The topological polar surface area (TPSA) is 83.6 Å². The first kappa shape index (κ1) is 16.9. The fourth-order valence-corrected chi connectivity index (χ4v) is 3.35. The number of carbonyl (C=O) groups excluding carboxylic acids is 1. The molecule has 0 bridgehead atoms. The Bertz CT molecular complexity index is 1050. The summed E-state index contributed by atoms with van der Waals surface area (Å²) in [7, 11) is 0. The van der Waals surface area contributed by atoms with Crippen LogP contribution in [0.1, 0.15) is 6.42 Å². The quantitative estimate of drug-likeness (QED) is 0.722. The predicted octanol–water partition coefficient (Wildman–Crippen LogP) is 4.24. The number of halogens is 2. The number of anilines is 1. The Morgan fingerprint density at radius 2 is 2.04 bits per heavy atom. The normalized spacial score (nSPS) is 17.2. The molecule has 1 saturated heterocycles. The van der Waals surface area contributed by atoms with Gasteiger partial charge in [-0.3, -0.25) is 9.59 Å². The van der Waals surface area contributed by atoms with Crippen LogP contribution < -0.4 is 4.90 Å². The van der Waals surface area contributed by atoms with Crippen LogP contribution in [0.4, 0.5) is 5.69 Å². The van der Waals surface area contributed by atoms with Crippen molar-refractivity contribution in [2.24, 2.45) is 5.92 Å². The molecule has 2 heterocycles. The molecular formula is C18H12Cl2N2O4. The molecule has 1 aliphatic rings. The van der Waals surface area contributed by atoms with Gasteiger partial charge in [0, 0.05) is 23.7 Å². The highest BCUT2D eigenvalue weighted by molar-refractivity contribution is 6.35. The Labute approximate surface area is 157 Å². The number of oxazole rings is 1. The zero-order valence-electron chi connectivity index (χ0n) is 13.3. The summed E-state index contributed by atoms with van der Waals surface area (Å²) in [5, 5.41) is 10.1. The number of nitrogens with zero attached hydrogens (tertiary/aromatic N) is 2. The highest BCUT2D eigenvalue weighted by Gasteiger charge is 2.35. The van der Waals surface area contributed by atoms with Gasteiger partial charge in [0.15, 0.2) is 5.58 Å².